The molecular formula is C16H11F6N3O3. The highest BCUT2D eigenvalue weighted by molar-refractivity contribution is 5.96. The first-order chi connectivity index (χ1) is 12.9. The average Bonchev–Trinajstić information content (AvgIpc) is 2.94. The van der Waals surface area contributed by atoms with Gasteiger partial charge in [-0.15, -0.1) is 0 Å². The minimum Gasteiger partial charge on any atom is -0.495 e. The molecule has 0 bridgehead atoms. The molecule has 0 amide bonds. The molecule has 1 aromatic carbocycles. The maximum atomic E-state index is 13.6. The third-order valence-electron chi connectivity index (χ3n) is 3.71. The highest BCUT2D eigenvalue weighted by atomic mass is 19.4. The third-order valence-corrected chi connectivity index (χ3v) is 3.71. The van der Waals surface area contributed by atoms with E-state index in [9.17, 15) is 31.1 Å². The topological polar surface area (TPSA) is 90.3 Å². The van der Waals surface area contributed by atoms with Gasteiger partial charge in [-0.25, -0.2) is 4.79 Å². The second kappa shape index (κ2) is 6.99. The van der Waals surface area contributed by atoms with Gasteiger partial charge in [0.25, 0.3) is 0 Å². The second-order valence-electron chi connectivity index (χ2n) is 5.35. The fraction of sp³-hybridized carbons (Fsp3) is 0.250. The van der Waals surface area contributed by atoms with Crippen LogP contribution in [0.15, 0.2) is 18.3 Å². The number of nitrogens with zero attached hydrogens (tertiary/aromatic N) is 2. The zero-order valence-electron chi connectivity index (χ0n) is 14.2. The molecule has 2 N–H and O–H groups in total. The van der Waals surface area contributed by atoms with E-state index >= 15 is 0 Å². The number of esters is 1. The van der Waals surface area contributed by atoms with Gasteiger partial charge in [0.1, 0.15) is 17.5 Å². The number of alkyl halides is 6. The van der Waals surface area contributed by atoms with Crippen LogP contribution in [-0.4, -0.2) is 24.8 Å². The van der Waals surface area contributed by atoms with Crippen LogP contribution in [0.3, 0.4) is 0 Å². The van der Waals surface area contributed by atoms with Gasteiger partial charge in [-0.1, -0.05) is 0 Å². The van der Waals surface area contributed by atoms with Crippen molar-refractivity contribution in [2.24, 2.45) is 0 Å². The van der Waals surface area contributed by atoms with Crippen molar-refractivity contribution >= 4 is 11.7 Å². The summed E-state index contributed by atoms with van der Waals surface area (Å²) < 4.78 is 89.5. The van der Waals surface area contributed by atoms with Crippen molar-refractivity contribution in [1.29, 1.82) is 5.26 Å². The van der Waals surface area contributed by atoms with E-state index in [-0.39, 0.29) is 11.6 Å². The third kappa shape index (κ3) is 3.55. The van der Waals surface area contributed by atoms with Gasteiger partial charge in [0.2, 0.25) is 0 Å². The van der Waals surface area contributed by atoms with Crippen molar-refractivity contribution in [3.63, 3.8) is 0 Å². The van der Waals surface area contributed by atoms with Gasteiger partial charge < -0.3 is 19.8 Å². The summed E-state index contributed by atoms with van der Waals surface area (Å²) in [6.45, 7) is 0. The predicted octanol–water partition coefficient (Wildman–Crippen LogP) is 3.76. The monoisotopic (exact) mass is 407 g/mol. The van der Waals surface area contributed by atoms with Crippen LogP contribution in [0.25, 0.3) is 5.69 Å². The van der Waals surface area contributed by atoms with Crippen molar-refractivity contribution in [3.05, 3.63) is 40.7 Å². The van der Waals surface area contributed by atoms with E-state index in [1.54, 1.807) is 6.07 Å². The summed E-state index contributed by atoms with van der Waals surface area (Å²) >= 11 is 0. The lowest BCUT2D eigenvalue weighted by Gasteiger charge is -2.21. The molecule has 2 rings (SSSR count). The molecule has 0 unspecified atom stereocenters. The van der Waals surface area contributed by atoms with Crippen LogP contribution in [0.5, 0.6) is 5.75 Å². The minimum absolute atomic E-state index is 0.124. The van der Waals surface area contributed by atoms with Crippen LogP contribution < -0.4 is 10.5 Å². The lowest BCUT2D eigenvalue weighted by molar-refractivity contribution is -0.143. The van der Waals surface area contributed by atoms with Gasteiger partial charge in [-0.05, 0) is 12.1 Å². The van der Waals surface area contributed by atoms with Crippen LogP contribution >= 0.6 is 0 Å². The minimum atomic E-state index is -5.26. The number of hydrogen-bond donors (Lipinski definition) is 1. The Morgan fingerprint density at radius 3 is 2.18 bits per heavy atom. The molecule has 150 valence electrons. The molecule has 0 spiro atoms. The largest absolute Gasteiger partial charge is 0.495 e. The Balaban J connectivity index is 3.01. The first-order valence-corrected chi connectivity index (χ1v) is 7.22. The summed E-state index contributed by atoms with van der Waals surface area (Å²) in [5.74, 6) is -2.04. The highest BCUT2D eigenvalue weighted by Gasteiger charge is 2.41. The van der Waals surface area contributed by atoms with Crippen LogP contribution in [0.4, 0.5) is 32.0 Å². The van der Waals surface area contributed by atoms with Gasteiger partial charge >= 0.3 is 18.3 Å². The number of carbonyl (C=O) groups is 1. The summed E-state index contributed by atoms with van der Waals surface area (Å²) in [5, 5.41) is 9.07. The number of nitriles is 1. The molecule has 1 heterocycles. The quantitative estimate of drug-likeness (QED) is 0.618. The van der Waals surface area contributed by atoms with Crippen LogP contribution in [0.2, 0.25) is 0 Å². The Morgan fingerprint density at radius 1 is 1.14 bits per heavy atom. The highest BCUT2D eigenvalue weighted by Crippen LogP contribution is 2.44. The molecule has 0 radical (unpaired) electrons. The van der Waals surface area contributed by atoms with Crippen molar-refractivity contribution in [2.45, 2.75) is 12.4 Å². The number of methoxy groups -OCH3 is 2. The molecule has 6 nitrogen and oxygen atoms in total. The van der Waals surface area contributed by atoms with E-state index in [1.807, 2.05) is 0 Å². The molecule has 0 aliphatic rings. The summed E-state index contributed by atoms with van der Waals surface area (Å²) in [5.41, 5.74) is -0.212. The van der Waals surface area contributed by atoms with Gasteiger partial charge in [0, 0.05) is 6.20 Å². The lowest BCUT2D eigenvalue weighted by Crippen LogP contribution is -2.18. The number of aromatic nitrogens is 1. The van der Waals surface area contributed by atoms with Gasteiger partial charge in [0.05, 0.1) is 36.6 Å². The summed E-state index contributed by atoms with van der Waals surface area (Å²) in [6.07, 6.45) is -9.57. The number of rotatable bonds is 3. The maximum absolute atomic E-state index is 13.6. The standard InChI is InChI=1S/C16H11F6N3O3/c1-27-10-4-8(15(17,18)19)3-9(16(20,21)22)12(10)25-6-7(5-23)11(24)13(25)14(26)28-2/h3-4,6H,24H2,1-2H3. The number of nitrogens with two attached hydrogens (primary N) is 1. The fourth-order valence-corrected chi connectivity index (χ4v) is 2.48. The number of carbonyl (C=O) groups excluding carboxylic acids is 1. The van der Waals surface area contributed by atoms with Crippen LogP contribution in [0, 0.1) is 11.3 Å². The smallest absolute Gasteiger partial charge is 0.418 e. The molecule has 12 heteroatoms. The van der Waals surface area contributed by atoms with Crippen molar-refractivity contribution in [1.82, 2.24) is 4.57 Å². The van der Waals surface area contributed by atoms with E-state index in [2.05, 4.69) is 4.74 Å². The Morgan fingerprint density at radius 2 is 1.75 bits per heavy atom. The summed E-state index contributed by atoms with van der Waals surface area (Å²) in [4.78, 5) is 12.0. The normalized spacial score (nSPS) is 11.8. The average molecular weight is 407 g/mol. The number of benzene rings is 1. The van der Waals surface area contributed by atoms with E-state index in [1.165, 1.54) is 0 Å². The molecule has 0 aliphatic carbocycles. The fourth-order valence-electron chi connectivity index (χ4n) is 2.48. The molecule has 1 aromatic heterocycles. The molecule has 2 aromatic rings. The first kappa shape index (κ1) is 20.9. The van der Waals surface area contributed by atoms with Crippen molar-refractivity contribution in [3.8, 4) is 17.5 Å². The van der Waals surface area contributed by atoms with Crippen LogP contribution in [-0.2, 0) is 17.1 Å². The molecule has 0 aliphatic heterocycles. The molecule has 0 fully saturated rings. The second-order valence-corrected chi connectivity index (χ2v) is 5.35. The van der Waals surface area contributed by atoms with Gasteiger partial charge in [0.15, 0.2) is 5.69 Å². The number of nitrogen functional groups attached to an aromatic ring is 1. The summed E-state index contributed by atoms with van der Waals surface area (Å²) in [6, 6.07) is 1.80. The maximum Gasteiger partial charge on any atom is 0.418 e. The first-order valence-electron chi connectivity index (χ1n) is 7.22. The number of ether oxygens (including phenoxy) is 2. The molecule has 0 saturated carbocycles. The van der Waals surface area contributed by atoms with Crippen molar-refractivity contribution < 1.29 is 40.6 Å². The molecule has 0 saturated heterocycles. The van der Waals surface area contributed by atoms with Gasteiger partial charge in [-0.2, -0.15) is 31.6 Å². The van der Waals surface area contributed by atoms with E-state index in [0.717, 1.165) is 20.4 Å². The Bertz CT molecular complexity index is 970. The van der Waals surface area contributed by atoms with E-state index < -0.39 is 52.3 Å². The van der Waals surface area contributed by atoms with Gasteiger partial charge in [-0.3, -0.25) is 0 Å². The summed E-state index contributed by atoms with van der Waals surface area (Å²) in [7, 11) is 1.77. The number of halogens is 6. The Hall–Kier alpha value is -3.36. The lowest BCUT2D eigenvalue weighted by atomic mass is 10.1. The predicted molar refractivity (Wildman–Crippen MR) is 82.8 cm³/mol. The zero-order valence-corrected chi connectivity index (χ0v) is 14.2. The zero-order chi connectivity index (χ0) is 21.4. The molecular weight excluding hydrogens is 396 g/mol. The van der Waals surface area contributed by atoms with E-state index in [0.29, 0.717) is 10.6 Å². The van der Waals surface area contributed by atoms with E-state index in [4.69, 9.17) is 15.7 Å². The Labute approximate surface area is 153 Å². The van der Waals surface area contributed by atoms with Crippen molar-refractivity contribution in [2.75, 3.05) is 20.0 Å². The SMILES string of the molecule is COC(=O)c1c(N)c(C#N)cn1-c1c(OC)cc(C(F)(F)F)cc1C(F)(F)F. The molecule has 28 heavy (non-hydrogen) atoms. The van der Waals surface area contributed by atoms with Crippen LogP contribution in [0.1, 0.15) is 27.2 Å². The number of hydrogen-bond acceptors (Lipinski definition) is 5. The molecule has 0 atom stereocenters. The Kier molecular flexibility index (Phi) is 5.23. The number of anilines is 1.